The molecule has 0 unspecified atom stereocenters. The fraction of sp³-hybridized carbons (Fsp3) is 0.375. The number of fused-ring (bicyclic) bond motifs is 4. The Morgan fingerprint density at radius 2 is 1.56 bits per heavy atom. The Balaban J connectivity index is 1.81. The molecule has 3 aliphatic rings. The normalized spacial score (nSPS) is 26.6. The monoisotopic (exact) mass is 328 g/mol. The highest BCUT2D eigenvalue weighted by molar-refractivity contribution is 5.86. The van der Waals surface area contributed by atoms with Crippen LogP contribution in [0.4, 0.5) is 0 Å². The highest BCUT2D eigenvalue weighted by Crippen LogP contribution is 2.54. The van der Waals surface area contributed by atoms with Gasteiger partial charge in [0.05, 0.1) is 0 Å². The van der Waals surface area contributed by atoms with Gasteiger partial charge in [-0.3, -0.25) is 0 Å². The van der Waals surface area contributed by atoms with E-state index in [1.54, 1.807) is 5.57 Å². The summed E-state index contributed by atoms with van der Waals surface area (Å²) in [6.07, 6.45) is 12.9. The number of likely N-dealkylation sites (N-methyl/N-ethyl adjacent to an activating group) is 1. The van der Waals surface area contributed by atoms with Crippen LogP contribution in [0.1, 0.15) is 48.8 Å². The number of allylic oxidation sites excluding steroid dienone is 1. The van der Waals surface area contributed by atoms with Gasteiger partial charge in [-0.15, -0.1) is 0 Å². The molecule has 1 aliphatic heterocycles. The van der Waals surface area contributed by atoms with Crippen LogP contribution in [0.2, 0.25) is 0 Å². The Morgan fingerprint density at radius 1 is 0.840 bits per heavy atom. The standard InChI is InChI=1S/C24H26N/c1-25-18-24(20-11-4-2-5-12-20)21-13-7-6-10-19(21)14-15-22(24)23(25)16-8-3-9-17-23/h2,4-7,10-13,15,18H,3,8-9,14,16-17H2,1H3/q+1/t24-/m1/s1. The third-order valence-electron chi connectivity index (χ3n) is 6.87. The maximum atomic E-state index is 2.58. The van der Waals surface area contributed by atoms with Crippen LogP contribution >= 0.6 is 0 Å². The van der Waals surface area contributed by atoms with Gasteiger partial charge < -0.3 is 0 Å². The average molecular weight is 328 g/mol. The highest BCUT2D eigenvalue weighted by Gasteiger charge is 2.61. The summed E-state index contributed by atoms with van der Waals surface area (Å²) in [5.41, 5.74) is 6.18. The molecule has 0 saturated heterocycles. The zero-order chi connectivity index (χ0) is 16.9. The highest BCUT2D eigenvalue weighted by atomic mass is 15.1. The molecule has 0 N–H and O–H groups in total. The first-order chi connectivity index (χ1) is 12.3. The minimum Gasteiger partial charge on any atom is -0.231 e. The van der Waals surface area contributed by atoms with Crippen LogP contribution in [0, 0.1) is 0 Å². The van der Waals surface area contributed by atoms with Gasteiger partial charge in [-0.2, -0.15) is 0 Å². The quantitative estimate of drug-likeness (QED) is 0.518. The Hall–Kier alpha value is -2.15. The molecule has 0 amide bonds. The van der Waals surface area contributed by atoms with E-state index in [2.05, 4.69) is 78.5 Å². The van der Waals surface area contributed by atoms with Crippen molar-refractivity contribution in [2.45, 2.75) is 49.5 Å². The van der Waals surface area contributed by atoms with Gasteiger partial charge in [-0.1, -0.05) is 67.1 Å². The molecule has 1 nitrogen and oxygen atoms in total. The van der Waals surface area contributed by atoms with Gasteiger partial charge in [0.15, 0.2) is 11.8 Å². The lowest BCUT2D eigenvalue weighted by Crippen LogP contribution is -2.44. The van der Waals surface area contributed by atoms with Gasteiger partial charge in [-0.25, -0.2) is 4.58 Å². The van der Waals surface area contributed by atoms with Crippen molar-refractivity contribution in [2.24, 2.45) is 0 Å². The summed E-state index contributed by atoms with van der Waals surface area (Å²) >= 11 is 0. The van der Waals surface area contributed by atoms with Crippen LogP contribution in [0.15, 0.2) is 66.2 Å². The summed E-state index contributed by atoms with van der Waals surface area (Å²) in [6.45, 7) is 0. The summed E-state index contributed by atoms with van der Waals surface area (Å²) in [6, 6.07) is 20.2. The third-order valence-corrected chi connectivity index (χ3v) is 6.87. The Bertz CT molecular complexity index is 868. The van der Waals surface area contributed by atoms with Crippen molar-refractivity contribution in [1.82, 2.24) is 0 Å². The number of rotatable bonds is 1. The van der Waals surface area contributed by atoms with Crippen molar-refractivity contribution < 1.29 is 4.58 Å². The Labute approximate surface area is 150 Å². The molecule has 2 aromatic rings. The molecule has 1 heterocycles. The molecule has 2 aromatic carbocycles. The largest absolute Gasteiger partial charge is 0.231 e. The molecule has 126 valence electrons. The van der Waals surface area contributed by atoms with Crippen molar-refractivity contribution in [1.29, 1.82) is 0 Å². The lowest BCUT2D eigenvalue weighted by atomic mass is 9.60. The number of nitrogens with zero attached hydrogens (tertiary/aromatic N) is 1. The lowest BCUT2D eigenvalue weighted by molar-refractivity contribution is -0.566. The molecule has 1 fully saturated rings. The van der Waals surface area contributed by atoms with E-state index < -0.39 is 0 Å². The fourth-order valence-electron chi connectivity index (χ4n) is 5.75. The lowest BCUT2D eigenvalue weighted by Gasteiger charge is -2.39. The van der Waals surface area contributed by atoms with Crippen LogP contribution in [-0.2, 0) is 11.8 Å². The van der Waals surface area contributed by atoms with Gasteiger partial charge in [0.2, 0.25) is 0 Å². The van der Waals surface area contributed by atoms with E-state index in [1.807, 2.05) is 0 Å². The molecule has 5 rings (SSSR count). The predicted molar refractivity (Wildman–Crippen MR) is 104 cm³/mol. The second kappa shape index (κ2) is 5.42. The van der Waals surface area contributed by atoms with E-state index in [0.717, 1.165) is 6.42 Å². The van der Waals surface area contributed by atoms with Crippen molar-refractivity contribution in [3.05, 3.63) is 82.9 Å². The minimum atomic E-state index is -0.0812. The summed E-state index contributed by atoms with van der Waals surface area (Å²) in [5.74, 6) is 0. The van der Waals surface area contributed by atoms with E-state index in [1.165, 1.54) is 48.8 Å². The topological polar surface area (TPSA) is 3.01 Å². The van der Waals surface area contributed by atoms with Crippen molar-refractivity contribution >= 4 is 6.21 Å². The molecule has 2 aliphatic carbocycles. The summed E-state index contributed by atoms with van der Waals surface area (Å²) in [7, 11) is 2.32. The van der Waals surface area contributed by atoms with Crippen LogP contribution < -0.4 is 0 Å². The summed E-state index contributed by atoms with van der Waals surface area (Å²) < 4.78 is 2.58. The maximum absolute atomic E-state index is 2.58. The number of hydrogen-bond donors (Lipinski definition) is 0. The van der Waals surface area contributed by atoms with Gasteiger partial charge in [0.1, 0.15) is 12.5 Å². The molecular formula is C24H26N+. The molecule has 1 heteroatoms. The first-order valence-electron chi connectivity index (χ1n) is 9.71. The first-order valence-corrected chi connectivity index (χ1v) is 9.71. The van der Waals surface area contributed by atoms with Gasteiger partial charge >= 0.3 is 0 Å². The fourth-order valence-corrected chi connectivity index (χ4v) is 5.75. The van der Waals surface area contributed by atoms with E-state index in [4.69, 9.17) is 0 Å². The number of benzene rings is 2. The van der Waals surface area contributed by atoms with Gasteiger partial charge in [0.25, 0.3) is 0 Å². The molecule has 0 radical (unpaired) electrons. The van der Waals surface area contributed by atoms with Gasteiger partial charge in [-0.05, 0) is 36.0 Å². The number of hydrogen-bond acceptors (Lipinski definition) is 0. The first kappa shape index (κ1) is 15.1. The van der Waals surface area contributed by atoms with Crippen LogP contribution in [0.3, 0.4) is 0 Å². The van der Waals surface area contributed by atoms with Crippen molar-refractivity contribution in [3.8, 4) is 0 Å². The molecule has 1 spiro atoms. The SMILES string of the molecule is C[N+]1=C[C@]2(c3ccccc3)C(=CCc3ccccc32)C12CCCCC2. The predicted octanol–water partition coefficient (Wildman–Crippen LogP) is 4.88. The zero-order valence-electron chi connectivity index (χ0n) is 15.0. The second-order valence-corrected chi connectivity index (χ2v) is 7.99. The van der Waals surface area contributed by atoms with Crippen molar-refractivity contribution in [3.63, 3.8) is 0 Å². The Kier molecular flexibility index (Phi) is 3.28. The summed E-state index contributed by atoms with van der Waals surface area (Å²) in [5, 5.41) is 0. The van der Waals surface area contributed by atoms with E-state index >= 15 is 0 Å². The minimum absolute atomic E-state index is 0.0812. The van der Waals surface area contributed by atoms with Crippen LogP contribution in [-0.4, -0.2) is 23.4 Å². The zero-order valence-corrected chi connectivity index (χ0v) is 15.0. The van der Waals surface area contributed by atoms with E-state index in [-0.39, 0.29) is 11.0 Å². The molecule has 1 atom stereocenters. The van der Waals surface area contributed by atoms with Gasteiger partial charge in [0, 0.05) is 18.4 Å². The van der Waals surface area contributed by atoms with Crippen LogP contribution in [0.25, 0.3) is 0 Å². The third kappa shape index (κ3) is 1.93. The Morgan fingerprint density at radius 3 is 2.36 bits per heavy atom. The smallest absolute Gasteiger partial charge is 0.184 e. The van der Waals surface area contributed by atoms with E-state index in [0.29, 0.717) is 0 Å². The van der Waals surface area contributed by atoms with Crippen LogP contribution in [0.5, 0.6) is 0 Å². The van der Waals surface area contributed by atoms with E-state index in [9.17, 15) is 0 Å². The van der Waals surface area contributed by atoms with Crippen molar-refractivity contribution in [2.75, 3.05) is 7.05 Å². The molecular weight excluding hydrogens is 302 g/mol. The molecule has 1 saturated carbocycles. The maximum Gasteiger partial charge on any atom is 0.184 e. The second-order valence-electron chi connectivity index (χ2n) is 7.99. The average Bonchev–Trinajstić information content (AvgIpc) is 2.92. The summed E-state index contributed by atoms with van der Waals surface area (Å²) in [4.78, 5) is 0. The molecule has 0 aromatic heterocycles. The molecule has 0 bridgehead atoms. The molecule has 25 heavy (non-hydrogen) atoms.